The molecule has 2 heterocycles. The highest BCUT2D eigenvalue weighted by Gasteiger charge is 2.18. The second kappa shape index (κ2) is 6.93. The molecule has 6 nitrogen and oxygen atoms in total. The minimum absolute atomic E-state index is 0.0519. The number of hydrogen-bond acceptors (Lipinski definition) is 6. The quantitative estimate of drug-likeness (QED) is 0.776. The van der Waals surface area contributed by atoms with Crippen molar-refractivity contribution in [3.05, 3.63) is 47.2 Å². The van der Waals surface area contributed by atoms with Crippen LogP contribution in [-0.2, 0) is 13.0 Å². The molecule has 0 saturated carbocycles. The van der Waals surface area contributed by atoms with Crippen molar-refractivity contribution in [1.29, 1.82) is 0 Å². The van der Waals surface area contributed by atoms with Gasteiger partial charge < -0.3 is 20.4 Å². The lowest BCUT2D eigenvalue weighted by Gasteiger charge is -2.30. The molecule has 23 heavy (non-hydrogen) atoms. The number of hydrogen-bond donors (Lipinski definition) is 3. The maximum Gasteiger partial charge on any atom is 0.224 e. The molecule has 1 aliphatic heterocycles. The van der Waals surface area contributed by atoms with Gasteiger partial charge in [-0.2, -0.15) is 4.98 Å². The summed E-state index contributed by atoms with van der Waals surface area (Å²) in [5.41, 5.74) is 3.53. The molecule has 1 aromatic carbocycles. The molecule has 0 radical (unpaired) electrons. The van der Waals surface area contributed by atoms with Crippen LogP contribution >= 0.6 is 0 Å². The fourth-order valence-electron chi connectivity index (χ4n) is 2.81. The Hall–Kier alpha value is -2.18. The molecule has 3 N–H and O–H groups in total. The Morgan fingerprint density at radius 2 is 2.17 bits per heavy atom. The summed E-state index contributed by atoms with van der Waals surface area (Å²) < 4.78 is 0. The Morgan fingerprint density at radius 3 is 2.96 bits per heavy atom. The average Bonchev–Trinajstić information content (AvgIpc) is 2.59. The van der Waals surface area contributed by atoms with Crippen LogP contribution in [0.2, 0.25) is 0 Å². The number of fused-ring (bicyclic) bond motifs is 1. The zero-order valence-electron chi connectivity index (χ0n) is 13.2. The number of aliphatic hydroxyl groups is 2. The first-order valence-electron chi connectivity index (χ1n) is 7.90. The molecular formula is C17H22N4O2. The molecule has 0 unspecified atom stereocenters. The molecule has 0 amide bonds. The molecule has 1 aliphatic rings. The maximum atomic E-state index is 9.70. The van der Waals surface area contributed by atoms with Crippen molar-refractivity contribution < 1.29 is 10.2 Å². The number of rotatable bonds is 5. The Morgan fingerprint density at radius 1 is 1.30 bits per heavy atom. The summed E-state index contributed by atoms with van der Waals surface area (Å²) in [6.07, 6.45) is 2.23. The van der Waals surface area contributed by atoms with Crippen molar-refractivity contribution in [1.82, 2.24) is 9.97 Å². The van der Waals surface area contributed by atoms with Crippen molar-refractivity contribution in [2.45, 2.75) is 26.0 Å². The molecule has 6 heteroatoms. The van der Waals surface area contributed by atoms with E-state index in [-0.39, 0.29) is 6.61 Å². The molecule has 0 saturated heterocycles. The highest BCUT2D eigenvalue weighted by Crippen LogP contribution is 2.26. The van der Waals surface area contributed by atoms with E-state index in [2.05, 4.69) is 32.3 Å². The zero-order valence-corrected chi connectivity index (χ0v) is 13.2. The molecule has 1 atom stereocenters. The van der Waals surface area contributed by atoms with E-state index in [9.17, 15) is 5.11 Å². The smallest absolute Gasteiger partial charge is 0.224 e. The molecule has 0 aliphatic carbocycles. The summed E-state index contributed by atoms with van der Waals surface area (Å²) in [7, 11) is 0. The van der Waals surface area contributed by atoms with Gasteiger partial charge in [0.15, 0.2) is 0 Å². The number of nitrogens with zero attached hydrogens (tertiary/aromatic N) is 3. The highest BCUT2D eigenvalue weighted by atomic mass is 16.3. The third-order valence-electron chi connectivity index (χ3n) is 4.08. The molecule has 2 aromatic rings. The Kier molecular flexibility index (Phi) is 4.73. The molecule has 0 spiro atoms. The van der Waals surface area contributed by atoms with Gasteiger partial charge in [0.25, 0.3) is 0 Å². The first-order chi connectivity index (χ1) is 11.2. The molecule has 1 aromatic heterocycles. The summed E-state index contributed by atoms with van der Waals surface area (Å²) in [4.78, 5) is 10.9. The Balaban J connectivity index is 1.76. The number of aliphatic hydroxyl groups excluding tert-OH is 2. The third-order valence-corrected chi connectivity index (χ3v) is 4.08. The fraction of sp³-hybridized carbons (Fsp3) is 0.412. The van der Waals surface area contributed by atoms with Gasteiger partial charge in [0.1, 0.15) is 5.82 Å². The normalized spacial score (nSPS) is 15.2. The van der Waals surface area contributed by atoms with E-state index in [1.165, 1.54) is 11.1 Å². The van der Waals surface area contributed by atoms with Gasteiger partial charge in [0, 0.05) is 25.8 Å². The van der Waals surface area contributed by atoms with Gasteiger partial charge in [0.2, 0.25) is 5.95 Å². The predicted molar refractivity (Wildman–Crippen MR) is 89.4 cm³/mol. The molecule has 0 bridgehead atoms. The van der Waals surface area contributed by atoms with Crippen molar-refractivity contribution in [2.75, 3.05) is 29.9 Å². The number of benzene rings is 1. The van der Waals surface area contributed by atoms with Crippen LogP contribution < -0.4 is 10.2 Å². The van der Waals surface area contributed by atoms with Crippen molar-refractivity contribution in [3.8, 4) is 0 Å². The summed E-state index contributed by atoms with van der Waals surface area (Å²) in [6.45, 7) is 3.96. The van der Waals surface area contributed by atoms with E-state index in [0.29, 0.717) is 12.5 Å². The van der Waals surface area contributed by atoms with Crippen LogP contribution in [0.5, 0.6) is 0 Å². The lowest BCUT2D eigenvalue weighted by molar-refractivity contribution is 0.199. The van der Waals surface area contributed by atoms with Gasteiger partial charge in [0.05, 0.1) is 12.7 Å². The summed E-state index contributed by atoms with van der Waals surface area (Å²) >= 11 is 0. The van der Waals surface area contributed by atoms with E-state index >= 15 is 0 Å². The van der Waals surface area contributed by atoms with Crippen LogP contribution in [-0.4, -0.2) is 39.9 Å². The number of anilines is 2. The molecule has 122 valence electrons. The van der Waals surface area contributed by atoms with Gasteiger partial charge in [-0.15, -0.1) is 0 Å². The summed E-state index contributed by atoms with van der Waals surface area (Å²) in [5, 5.41) is 21.6. The summed E-state index contributed by atoms with van der Waals surface area (Å²) in [6, 6.07) is 8.09. The fourth-order valence-corrected chi connectivity index (χ4v) is 2.81. The molecule has 3 rings (SSSR count). The van der Waals surface area contributed by atoms with Crippen molar-refractivity contribution in [2.24, 2.45) is 0 Å². The van der Waals surface area contributed by atoms with E-state index in [1.807, 2.05) is 12.1 Å². The maximum absolute atomic E-state index is 9.70. The SMILES string of the molecule is C[C@@H](O)c1ccc2c(c1)CCN(c1ccnc(NCCO)n1)C2. The molecule has 0 fully saturated rings. The lowest BCUT2D eigenvalue weighted by atomic mass is 9.96. The number of nitrogens with one attached hydrogen (secondary N) is 1. The topological polar surface area (TPSA) is 81.5 Å². The van der Waals surface area contributed by atoms with Crippen LogP contribution in [0.1, 0.15) is 29.7 Å². The second-order valence-corrected chi connectivity index (χ2v) is 5.76. The minimum Gasteiger partial charge on any atom is -0.395 e. The van der Waals surface area contributed by atoms with Crippen LogP contribution in [0.15, 0.2) is 30.5 Å². The van der Waals surface area contributed by atoms with Crippen molar-refractivity contribution in [3.63, 3.8) is 0 Å². The first-order valence-corrected chi connectivity index (χ1v) is 7.90. The Bertz CT molecular complexity index is 675. The van der Waals surface area contributed by atoms with Gasteiger partial charge in [-0.3, -0.25) is 0 Å². The largest absolute Gasteiger partial charge is 0.395 e. The van der Waals surface area contributed by atoms with Crippen LogP contribution in [0, 0.1) is 0 Å². The van der Waals surface area contributed by atoms with Crippen LogP contribution in [0.4, 0.5) is 11.8 Å². The predicted octanol–water partition coefficient (Wildman–Crippen LogP) is 1.50. The van der Waals surface area contributed by atoms with E-state index in [4.69, 9.17) is 5.11 Å². The van der Waals surface area contributed by atoms with Crippen LogP contribution in [0.25, 0.3) is 0 Å². The van der Waals surface area contributed by atoms with Crippen molar-refractivity contribution >= 4 is 11.8 Å². The first kappa shape index (κ1) is 15.7. The third kappa shape index (κ3) is 3.60. The van der Waals surface area contributed by atoms with Gasteiger partial charge >= 0.3 is 0 Å². The van der Waals surface area contributed by atoms with E-state index in [1.54, 1.807) is 13.1 Å². The van der Waals surface area contributed by atoms with E-state index in [0.717, 1.165) is 30.9 Å². The molecular weight excluding hydrogens is 292 g/mol. The van der Waals surface area contributed by atoms with E-state index < -0.39 is 6.10 Å². The summed E-state index contributed by atoms with van der Waals surface area (Å²) in [5.74, 6) is 1.41. The monoisotopic (exact) mass is 314 g/mol. The van der Waals surface area contributed by atoms with Gasteiger partial charge in [-0.05, 0) is 36.1 Å². The second-order valence-electron chi connectivity index (χ2n) is 5.76. The van der Waals surface area contributed by atoms with Gasteiger partial charge in [-0.25, -0.2) is 4.98 Å². The van der Waals surface area contributed by atoms with Crippen LogP contribution in [0.3, 0.4) is 0 Å². The standard InChI is InChI=1S/C17H22N4O2/c1-12(23)13-2-3-15-11-21(8-5-14(15)10-13)16-4-6-18-17(20-16)19-7-9-22/h2-4,6,10,12,22-23H,5,7-9,11H2,1H3,(H,18,19,20)/t12-/m1/s1. The van der Waals surface area contributed by atoms with Gasteiger partial charge in [-0.1, -0.05) is 18.2 Å². The average molecular weight is 314 g/mol. The highest BCUT2D eigenvalue weighted by molar-refractivity contribution is 5.47. The lowest BCUT2D eigenvalue weighted by Crippen LogP contribution is -2.31. The number of aromatic nitrogens is 2. The Labute approximate surface area is 135 Å². The zero-order chi connectivity index (χ0) is 16.2. The minimum atomic E-state index is -0.430.